The molecule has 3 aromatic rings. The van der Waals surface area contributed by atoms with Crippen LogP contribution >= 0.6 is 11.3 Å². The molecule has 0 amide bonds. The van der Waals surface area contributed by atoms with Crippen LogP contribution in [-0.2, 0) is 0 Å². The van der Waals surface area contributed by atoms with E-state index in [-0.39, 0.29) is 5.56 Å². The van der Waals surface area contributed by atoms with Gasteiger partial charge in [-0.05, 0) is 53.2 Å². The minimum absolute atomic E-state index is 0.162. The fraction of sp³-hybridized carbons (Fsp3) is 0. The van der Waals surface area contributed by atoms with E-state index in [9.17, 15) is 9.90 Å². The van der Waals surface area contributed by atoms with Crippen molar-refractivity contribution in [3.05, 3.63) is 53.4 Å². The maximum absolute atomic E-state index is 11.2. The van der Waals surface area contributed by atoms with Crippen molar-refractivity contribution < 1.29 is 9.90 Å². The molecule has 4 N–H and O–H groups in total. The highest BCUT2D eigenvalue weighted by atomic mass is 32.1. The SMILES string of the molecule is Nc1ccc(Nc2ccc3sccc3c2)c(C(=O)O)c1. The summed E-state index contributed by atoms with van der Waals surface area (Å²) in [6, 6.07) is 12.8. The third kappa shape index (κ3) is 2.31. The van der Waals surface area contributed by atoms with Crippen molar-refractivity contribution in [2.45, 2.75) is 0 Å². The van der Waals surface area contributed by atoms with Gasteiger partial charge in [-0.2, -0.15) is 0 Å². The van der Waals surface area contributed by atoms with Gasteiger partial charge in [-0.3, -0.25) is 0 Å². The summed E-state index contributed by atoms with van der Waals surface area (Å²) < 4.78 is 1.20. The zero-order valence-electron chi connectivity index (χ0n) is 10.5. The number of nitrogens with two attached hydrogens (primary N) is 1. The highest BCUT2D eigenvalue weighted by molar-refractivity contribution is 7.17. The van der Waals surface area contributed by atoms with Gasteiger partial charge in [-0.15, -0.1) is 11.3 Å². The molecule has 100 valence electrons. The van der Waals surface area contributed by atoms with Crippen LogP contribution in [0.1, 0.15) is 10.4 Å². The molecule has 0 atom stereocenters. The van der Waals surface area contributed by atoms with Crippen LogP contribution in [-0.4, -0.2) is 11.1 Å². The Morgan fingerprint density at radius 3 is 2.80 bits per heavy atom. The van der Waals surface area contributed by atoms with E-state index in [0.29, 0.717) is 11.4 Å². The molecule has 20 heavy (non-hydrogen) atoms. The van der Waals surface area contributed by atoms with E-state index >= 15 is 0 Å². The molecular formula is C15H12N2O2S. The molecule has 0 saturated heterocycles. The van der Waals surface area contributed by atoms with E-state index in [4.69, 9.17) is 5.73 Å². The van der Waals surface area contributed by atoms with Crippen molar-refractivity contribution in [1.29, 1.82) is 0 Å². The molecule has 0 aliphatic carbocycles. The number of thiophene rings is 1. The molecular weight excluding hydrogens is 272 g/mol. The van der Waals surface area contributed by atoms with Crippen molar-refractivity contribution in [1.82, 2.24) is 0 Å². The highest BCUT2D eigenvalue weighted by Crippen LogP contribution is 2.28. The van der Waals surface area contributed by atoms with Gasteiger partial charge in [0.05, 0.1) is 11.3 Å². The third-order valence-corrected chi connectivity index (χ3v) is 3.90. The highest BCUT2D eigenvalue weighted by Gasteiger charge is 2.10. The zero-order chi connectivity index (χ0) is 14.1. The summed E-state index contributed by atoms with van der Waals surface area (Å²) in [6.07, 6.45) is 0. The number of carboxylic acid groups (broad SMARTS) is 1. The van der Waals surface area contributed by atoms with Gasteiger partial charge < -0.3 is 16.2 Å². The number of aromatic carboxylic acids is 1. The third-order valence-electron chi connectivity index (χ3n) is 3.01. The summed E-state index contributed by atoms with van der Waals surface area (Å²) in [5, 5.41) is 15.5. The Hall–Kier alpha value is -2.53. The molecule has 1 aromatic heterocycles. The van der Waals surface area contributed by atoms with Crippen LogP contribution in [0.25, 0.3) is 10.1 Å². The first kappa shape index (κ1) is 12.5. The number of carboxylic acids is 1. The predicted octanol–water partition coefficient (Wildman–Crippen LogP) is 3.93. The first-order valence-corrected chi connectivity index (χ1v) is 6.88. The molecule has 4 nitrogen and oxygen atoms in total. The number of carbonyl (C=O) groups is 1. The summed E-state index contributed by atoms with van der Waals surface area (Å²) in [7, 11) is 0. The monoisotopic (exact) mass is 284 g/mol. The lowest BCUT2D eigenvalue weighted by Gasteiger charge is -2.10. The van der Waals surface area contributed by atoms with Crippen molar-refractivity contribution >= 4 is 44.5 Å². The minimum Gasteiger partial charge on any atom is -0.478 e. The molecule has 0 aliphatic heterocycles. The zero-order valence-corrected chi connectivity index (χ0v) is 11.3. The summed E-state index contributed by atoms with van der Waals surface area (Å²) in [5.74, 6) is -1.00. The number of nitrogens with one attached hydrogen (secondary N) is 1. The fourth-order valence-electron chi connectivity index (χ4n) is 2.05. The van der Waals surface area contributed by atoms with E-state index in [1.165, 1.54) is 10.8 Å². The van der Waals surface area contributed by atoms with E-state index < -0.39 is 5.97 Å². The molecule has 5 heteroatoms. The van der Waals surface area contributed by atoms with E-state index in [0.717, 1.165) is 11.1 Å². The fourth-order valence-corrected chi connectivity index (χ4v) is 2.82. The second-order valence-electron chi connectivity index (χ2n) is 4.41. The number of hydrogen-bond donors (Lipinski definition) is 3. The maximum Gasteiger partial charge on any atom is 0.337 e. The van der Waals surface area contributed by atoms with Crippen LogP contribution in [0, 0.1) is 0 Å². The van der Waals surface area contributed by atoms with E-state index in [1.54, 1.807) is 23.5 Å². The second kappa shape index (κ2) is 4.86. The Kier molecular flexibility index (Phi) is 3.04. The summed E-state index contributed by atoms with van der Waals surface area (Å²) >= 11 is 1.67. The molecule has 0 bridgehead atoms. The molecule has 0 aliphatic rings. The topological polar surface area (TPSA) is 75.3 Å². The lowest BCUT2D eigenvalue weighted by molar-refractivity contribution is 0.0698. The lowest BCUT2D eigenvalue weighted by Crippen LogP contribution is -2.03. The first-order valence-electron chi connectivity index (χ1n) is 6.00. The first-order chi connectivity index (χ1) is 9.63. The van der Waals surface area contributed by atoms with Gasteiger partial charge in [0.15, 0.2) is 0 Å². The summed E-state index contributed by atoms with van der Waals surface area (Å²) in [6.45, 7) is 0. The largest absolute Gasteiger partial charge is 0.478 e. The average molecular weight is 284 g/mol. The number of hydrogen-bond acceptors (Lipinski definition) is 4. The van der Waals surface area contributed by atoms with Crippen LogP contribution in [0.15, 0.2) is 47.8 Å². The average Bonchev–Trinajstić information content (AvgIpc) is 2.88. The van der Waals surface area contributed by atoms with Gasteiger partial charge in [-0.25, -0.2) is 4.79 Å². The van der Waals surface area contributed by atoms with Gasteiger partial charge in [-0.1, -0.05) is 0 Å². The van der Waals surface area contributed by atoms with Gasteiger partial charge in [0.25, 0.3) is 0 Å². The second-order valence-corrected chi connectivity index (χ2v) is 5.36. The molecule has 0 radical (unpaired) electrons. The Bertz CT molecular complexity index is 795. The minimum atomic E-state index is -1.00. The van der Waals surface area contributed by atoms with Crippen molar-refractivity contribution in [2.75, 3.05) is 11.1 Å². The number of nitrogen functional groups attached to an aromatic ring is 1. The predicted molar refractivity (Wildman–Crippen MR) is 82.9 cm³/mol. The van der Waals surface area contributed by atoms with Crippen LogP contribution in [0.5, 0.6) is 0 Å². The molecule has 0 spiro atoms. The molecule has 1 heterocycles. The van der Waals surface area contributed by atoms with E-state index in [1.807, 2.05) is 29.6 Å². The van der Waals surface area contributed by atoms with Crippen molar-refractivity contribution in [3.8, 4) is 0 Å². The number of benzene rings is 2. The van der Waals surface area contributed by atoms with Crippen molar-refractivity contribution in [2.24, 2.45) is 0 Å². The molecule has 2 aromatic carbocycles. The van der Waals surface area contributed by atoms with E-state index in [2.05, 4.69) is 5.32 Å². The summed E-state index contributed by atoms with van der Waals surface area (Å²) in [5.41, 5.74) is 7.60. The number of anilines is 3. The smallest absolute Gasteiger partial charge is 0.337 e. The Morgan fingerprint density at radius 1 is 1.15 bits per heavy atom. The van der Waals surface area contributed by atoms with Crippen LogP contribution in [0.4, 0.5) is 17.1 Å². The quantitative estimate of drug-likeness (QED) is 0.637. The Balaban J connectivity index is 1.99. The standard InChI is InChI=1S/C15H12N2O2S/c16-10-1-3-13(12(8-10)15(18)19)17-11-2-4-14-9(7-11)5-6-20-14/h1-8,17H,16H2,(H,18,19). The maximum atomic E-state index is 11.2. The molecule has 0 unspecified atom stereocenters. The normalized spacial score (nSPS) is 10.6. The Morgan fingerprint density at radius 2 is 2.00 bits per heavy atom. The number of fused-ring (bicyclic) bond motifs is 1. The van der Waals surface area contributed by atoms with Gasteiger partial charge in [0.1, 0.15) is 0 Å². The molecule has 0 saturated carbocycles. The lowest BCUT2D eigenvalue weighted by atomic mass is 10.1. The van der Waals surface area contributed by atoms with Gasteiger partial charge in [0.2, 0.25) is 0 Å². The van der Waals surface area contributed by atoms with Crippen LogP contribution in [0.3, 0.4) is 0 Å². The molecule has 3 rings (SSSR count). The van der Waals surface area contributed by atoms with Crippen LogP contribution in [0.2, 0.25) is 0 Å². The van der Waals surface area contributed by atoms with Crippen LogP contribution < -0.4 is 11.1 Å². The number of rotatable bonds is 3. The summed E-state index contributed by atoms with van der Waals surface area (Å²) in [4.78, 5) is 11.2. The Labute approximate surface area is 119 Å². The molecule has 0 fully saturated rings. The van der Waals surface area contributed by atoms with Crippen molar-refractivity contribution in [3.63, 3.8) is 0 Å². The van der Waals surface area contributed by atoms with Gasteiger partial charge >= 0.3 is 5.97 Å². The van der Waals surface area contributed by atoms with Gasteiger partial charge in [0, 0.05) is 16.1 Å².